The van der Waals surface area contributed by atoms with Crippen molar-refractivity contribution in [2.45, 2.75) is 43.7 Å². The van der Waals surface area contributed by atoms with E-state index in [2.05, 4.69) is 0 Å². The molecule has 4 rings (SSSR count). The van der Waals surface area contributed by atoms with Gasteiger partial charge in [0.15, 0.2) is 0 Å². The van der Waals surface area contributed by atoms with E-state index in [0.717, 1.165) is 31.2 Å². The monoisotopic (exact) mass is 367 g/mol. The quantitative estimate of drug-likeness (QED) is 0.765. The number of hydrogen-bond donors (Lipinski definition) is 0. The third-order valence-electron chi connectivity index (χ3n) is 5.86. The Labute approximate surface area is 157 Å². The summed E-state index contributed by atoms with van der Waals surface area (Å²) in [5, 5.41) is 0. The number of piperidine rings is 1. The lowest BCUT2D eigenvalue weighted by Crippen LogP contribution is -2.46. The number of carbonyl (C=O) groups excluding carboxylic acids is 2. The Morgan fingerprint density at radius 2 is 1.48 bits per heavy atom. The number of nitrogens with zero attached hydrogens (tertiary/aromatic N) is 1. The number of halogens is 1. The molecule has 2 heterocycles. The maximum Gasteiger partial charge on any atom is 0.337 e. The molecular formula is C22H22FNO3. The Bertz CT molecular complexity index is 833. The van der Waals surface area contributed by atoms with Crippen LogP contribution in [0.1, 0.15) is 57.9 Å². The lowest BCUT2D eigenvalue weighted by molar-refractivity contribution is 0.0566. The van der Waals surface area contributed by atoms with E-state index in [0.29, 0.717) is 17.0 Å². The van der Waals surface area contributed by atoms with Crippen molar-refractivity contribution in [3.8, 4) is 0 Å². The summed E-state index contributed by atoms with van der Waals surface area (Å²) in [5.74, 6) is -0.232. The van der Waals surface area contributed by atoms with Crippen LogP contribution in [0.4, 0.5) is 4.39 Å². The molecule has 0 radical (unpaired) electrons. The highest BCUT2D eigenvalue weighted by molar-refractivity contribution is 5.96. The molecule has 0 aliphatic carbocycles. The molecule has 5 heteroatoms. The lowest BCUT2D eigenvalue weighted by atomic mass is 9.85. The van der Waals surface area contributed by atoms with Crippen molar-refractivity contribution >= 4 is 11.9 Å². The first-order chi connectivity index (χ1) is 13.1. The standard InChI is InChI=1S/C22H22FNO3/c1-27-22(26)16-4-2-15(3-5-16)21(25)24-19-10-11-20(24)13-17(12-19)14-6-8-18(23)9-7-14/h2-9,17,19-20H,10-13H2,1H3/t17?,19-,20+. The molecule has 2 aliphatic rings. The Hall–Kier alpha value is -2.69. The Kier molecular flexibility index (Phi) is 4.68. The molecule has 0 N–H and O–H groups in total. The molecule has 140 valence electrons. The first kappa shape index (κ1) is 17.7. The van der Waals surface area contributed by atoms with Crippen molar-refractivity contribution < 1.29 is 18.7 Å². The fourth-order valence-corrected chi connectivity index (χ4v) is 4.53. The highest BCUT2D eigenvalue weighted by atomic mass is 19.1. The summed E-state index contributed by atoms with van der Waals surface area (Å²) in [5.41, 5.74) is 2.19. The van der Waals surface area contributed by atoms with E-state index in [4.69, 9.17) is 4.74 Å². The number of ether oxygens (including phenoxy) is 1. The van der Waals surface area contributed by atoms with Crippen molar-refractivity contribution in [2.24, 2.45) is 0 Å². The molecule has 4 nitrogen and oxygen atoms in total. The summed E-state index contributed by atoms with van der Waals surface area (Å²) in [6.45, 7) is 0. The molecule has 27 heavy (non-hydrogen) atoms. The van der Waals surface area contributed by atoms with E-state index < -0.39 is 5.97 Å². The zero-order chi connectivity index (χ0) is 19.0. The molecule has 0 aromatic heterocycles. The predicted molar refractivity (Wildman–Crippen MR) is 99.1 cm³/mol. The molecule has 1 amide bonds. The van der Waals surface area contributed by atoms with Crippen LogP contribution in [0.15, 0.2) is 48.5 Å². The third kappa shape index (κ3) is 3.34. The van der Waals surface area contributed by atoms with Crippen molar-refractivity contribution in [3.63, 3.8) is 0 Å². The van der Waals surface area contributed by atoms with Gasteiger partial charge >= 0.3 is 5.97 Å². The summed E-state index contributed by atoms with van der Waals surface area (Å²) in [7, 11) is 1.34. The number of hydrogen-bond acceptors (Lipinski definition) is 3. The third-order valence-corrected chi connectivity index (χ3v) is 5.86. The number of benzene rings is 2. The van der Waals surface area contributed by atoms with Gasteiger partial charge in [0.1, 0.15) is 5.82 Å². The zero-order valence-electron chi connectivity index (χ0n) is 15.2. The summed E-state index contributed by atoms with van der Waals surface area (Å²) < 4.78 is 17.9. The van der Waals surface area contributed by atoms with Gasteiger partial charge in [-0.15, -0.1) is 0 Å². The molecule has 2 aromatic rings. The van der Waals surface area contributed by atoms with Gasteiger partial charge in [-0.05, 0) is 73.6 Å². The number of rotatable bonds is 3. The minimum Gasteiger partial charge on any atom is -0.465 e. The van der Waals surface area contributed by atoms with Gasteiger partial charge in [0.25, 0.3) is 5.91 Å². The average molecular weight is 367 g/mol. The molecule has 0 saturated carbocycles. The van der Waals surface area contributed by atoms with Crippen molar-refractivity contribution in [3.05, 3.63) is 71.0 Å². The van der Waals surface area contributed by atoms with Gasteiger partial charge in [0.2, 0.25) is 0 Å². The molecule has 3 atom stereocenters. The fourth-order valence-electron chi connectivity index (χ4n) is 4.53. The number of methoxy groups -OCH3 is 1. The van der Waals surface area contributed by atoms with Gasteiger partial charge in [0, 0.05) is 17.6 Å². The van der Waals surface area contributed by atoms with Crippen LogP contribution in [0, 0.1) is 5.82 Å². The second-order valence-electron chi connectivity index (χ2n) is 7.39. The average Bonchev–Trinajstić information content (AvgIpc) is 2.96. The summed E-state index contributed by atoms with van der Waals surface area (Å²) in [6.07, 6.45) is 3.84. The second-order valence-corrected chi connectivity index (χ2v) is 7.39. The van der Waals surface area contributed by atoms with E-state index in [1.807, 2.05) is 17.0 Å². The van der Waals surface area contributed by atoms with Gasteiger partial charge in [0.05, 0.1) is 12.7 Å². The van der Waals surface area contributed by atoms with Crippen molar-refractivity contribution in [2.75, 3.05) is 7.11 Å². The molecule has 2 bridgehead atoms. The first-order valence-corrected chi connectivity index (χ1v) is 9.33. The van der Waals surface area contributed by atoms with Crippen LogP contribution in [0.5, 0.6) is 0 Å². The topological polar surface area (TPSA) is 46.6 Å². The lowest BCUT2D eigenvalue weighted by Gasteiger charge is -2.39. The van der Waals surface area contributed by atoms with Gasteiger partial charge in [-0.1, -0.05) is 12.1 Å². The number of carbonyl (C=O) groups is 2. The molecule has 2 saturated heterocycles. The minimum absolute atomic E-state index is 0.0245. The second kappa shape index (κ2) is 7.14. The van der Waals surface area contributed by atoms with Gasteiger partial charge in [-0.3, -0.25) is 4.79 Å². The minimum atomic E-state index is -0.408. The van der Waals surface area contributed by atoms with E-state index in [1.54, 1.807) is 24.3 Å². The van der Waals surface area contributed by atoms with Crippen LogP contribution in [0.3, 0.4) is 0 Å². The maximum absolute atomic E-state index is 13.2. The van der Waals surface area contributed by atoms with E-state index in [9.17, 15) is 14.0 Å². The van der Waals surface area contributed by atoms with E-state index >= 15 is 0 Å². The van der Waals surface area contributed by atoms with Gasteiger partial charge < -0.3 is 9.64 Å². The zero-order valence-corrected chi connectivity index (χ0v) is 15.2. The van der Waals surface area contributed by atoms with Crippen LogP contribution in [-0.4, -0.2) is 36.0 Å². The van der Waals surface area contributed by atoms with Crippen molar-refractivity contribution in [1.82, 2.24) is 4.90 Å². The molecule has 0 spiro atoms. The first-order valence-electron chi connectivity index (χ1n) is 9.33. The smallest absolute Gasteiger partial charge is 0.337 e. The highest BCUT2D eigenvalue weighted by Gasteiger charge is 2.43. The Balaban J connectivity index is 1.50. The van der Waals surface area contributed by atoms with Crippen LogP contribution < -0.4 is 0 Å². The summed E-state index contributed by atoms with van der Waals surface area (Å²) in [6, 6.07) is 13.8. The molecule has 2 fully saturated rings. The molecule has 2 aromatic carbocycles. The van der Waals surface area contributed by atoms with Crippen molar-refractivity contribution in [1.29, 1.82) is 0 Å². The van der Waals surface area contributed by atoms with Crippen LogP contribution >= 0.6 is 0 Å². The van der Waals surface area contributed by atoms with Gasteiger partial charge in [-0.25, -0.2) is 9.18 Å². The Morgan fingerprint density at radius 1 is 0.926 bits per heavy atom. The number of esters is 1. The molecular weight excluding hydrogens is 345 g/mol. The normalized spacial score (nSPS) is 23.9. The maximum atomic E-state index is 13.2. The number of fused-ring (bicyclic) bond motifs is 2. The summed E-state index contributed by atoms with van der Waals surface area (Å²) >= 11 is 0. The van der Waals surface area contributed by atoms with E-state index in [-0.39, 0.29) is 23.8 Å². The van der Waals surface area contributed by atoms with Gasteiger partial charge in [-0.2, -0.15) is 0 Å². The number of amides is 1. The Morgan fingerprint density at radius 3 is 2.04 bits per heavy atom. The van der Waals surface area contributed by atoms with E-state index in [1.165, 1.54) is 19.2 Å². The molecule has 1 unspecified atom stereocenters. The molecule has 2 aliphatic heterocycles. The fraction of sp³-hybridized carbons (Fsp3) is 0.364. The van der Waals surface area contributed by atoms with Crippen LogP contribution in [0.25, 0.3) is 0 Å². The summed E-state index contributed by atoms with van der Waals surface area (Å²) in [4.78, 5) is 26.6. The predicted octanol–water partition coefficient (Wildman–Crippen LogP) is 4.16. The largest absolute Gasteiger partial charge is 0.465 e. The SMILES string of the molecule is COC(=O)c1ccc(C(=O)N2[C@@H]3CC[C@H]2CC(c2ccc(F)cc2)C3)cc1. The van der Waals surface area contributed by atoms with Crippen LogP contribution in [0.2, 0.25) is 0 Å². The highest BCUT2D eigenvalue weighted by Crippen LogP contribution is 2.43. The van der Waals surface area contributed by atoms with Crippen LogP contribution in [-0.2, 0) is 4.74 Å².